The van der Waals surface area contributed by atoms with E-state index in [9.17, 15) is 4.79 Å². The molecule has 1 unspecified atom stereocenters. The highest BCUT2D eigenvalue weighted by molar-refractivity contribution is 5.74. The Morgan fingerprint density at radius 2 is 1.70 bits per heavy atom. The lowest BCUT2D eigenvalue weighted by Crippen LogP contribution is -2.36. The van der Waals surface area contributed by atoms with Gasteiger partial charge in [0.2, 0.25) is 0 Å². The van der Waals surface area contributed by atoms with Crippen LogP contribution in [0.5, 0.6) is 11.5 Å². The number of carbonyl (C=O) groups is 1. The van der Waals surface area contributed by atoms with E-state index in [0.717, 1.165) is 17.7 Å². The van der Waals surface area contributed by atoms with E-state index in [1.165, 1.54) is 5.56 Å². The molecular formula is C21H29N3O3. The van der Waals surface area contributed by atoms with Crippen molar-refractivity contribution in [1.29, 1.82) is 0 Å². The summed E-state index contributed by atoms with van der Waals surface area (Å²) in [4.78, 5) is 14.4. The Labute approximate surface area is 161 Å². The third kappa shape index (κ3) is 5.89. The Hall–Kier alpha value is -2.73. The number of nitrogens with zero attached hydrogens (tertiary/aromatic N) is 1. The Balaban J connectivity index is 1.96. The number of rotatable bonds is 8. The van der Waals surface area contributed by atoms with Crippen molar-refractivity contribution in [3.8, 4) is 11.5 Å². The fraction of sp³-hybridized carbons (Fsp3) is 0.381. The molecule has 146 valence electrons. The van der Waals surface area contributed by atoms with Crippen LogP contribution in [-0.4, -0.2) is 39.2 Å². The first-order valence-corrected chi connectivity index (χ1v) is 8.92. The molecule has 0 bridgehead atoms. The zero-order valence-corrected chi connectivity index (χ0v) is 16.7. The minimum absolute atomic E-state index is 0.165. The van der Waals surface area contributed by atoms with Crippen LogP contribution in [0.4, 0.5) is 4.79 Å². The zero-order valence-electron chi connectivity index (χ0n) is 16.7. The molecule has 2 N–H and O–H groups in total. The maximum atomic E-state index is 12.3. The summed E-state index contributed by atoms with van der Waals surface area (Å²) in [6, 6.07) is 13.4. The zero-order chi connectivity index (χ0) is 19.8. The second-order valence-corrected chi connectivity index (χ2v) is 6.67. The number of carbonyl (C=O) groups excluding carboxylic acids is 1. The summed E-state index contributed by atoms with van der Waals surface area (Å²) in [5.74, 6) is 1.30. The van der Waals surface area contributed by atoms with Gasteiger partial charge in [0, 0.05) is 13.1 Å². The molecule has 0 aliphatic carbocycles. The number of nitrogens with one attached hydrogen (secondary N) is 2. The van der Waals surface area contributed by atoms with Crippen LogP contribution < -0.4 is 20.1 Å². The number of hydrogen-bond acceptors (Lipinski definition) is 4. The highest BCUT2D eigenvalue weighted by Crippen LogP contribution is 2.29. The van der Waals surface area contributed by atoms with Gasteiger partial charge in [-0.15, -0.1) is 0 Å². The minimum Gasteiger partial charge on any atom is -0.493 e. The van der Waals surface area contributed by atoms with Gasteiger partial charge in [0.05, 0.1) is 20.3 Å². The third-order valence-electron chi connectivity index (χ3n) is 4.30. The smallest absolute Gasteiger partial charge is 0.315 e. The summed E-state index contributed by atoms with van der Waals surface area (Å²) in [7, 11) is 7.25. The summed E-state index contributed by atoms with van der Waals surface area (Å²) < 4.78 is 10.6. The molecule has 0 saturated carbocycles. The largest absolute Gasteiger partial charge is 0.493 e. The molecule has 2 aromatic rings. The molecule has 2 rings (SSSR count). The highest BCUT2D eigenvalue weighted by atomic mass is 16.5. The van der Waals surface area contributed by atoms with Crippen LogP contribution in [0.25, 0.3) is 0 Å². The molecule has 0 saturated heterocycles. The molecule has 0 aliphatic rings. The van der Waals surface area contributed by atoms with Gasteiger partial charge >= 0.3 is 6.03 Å². The molecule has 27 heavy (non-hydrogen) atoms. The average Bonchev–Trinajstić information content (AvgIpc) is 2.66. The molecule has 1 atom stereocenters. The molecule has 0 aliphatic heterocycles. The van der Waals surface area contributed by atoms with Gasteiger partial charge in [-0.2, -0.15) is 0 Å². The van der Waals surface area contributed by atoms with Gasteiger partial charge in [-0.25, -0.2) is 4.79 Å². The predicted molar refractivity (Wildman–Crippen MR) is 107 cm³/mol. The van der Waals surface area contributed by atoms with Crippen LogP contribution in [0.15, 0.2) is 42.5 Å². The lowest BCUT2D eigenvalue weighted by molar-refractivity contribution is 0.237. The first-order valence-electron chi connectivity index (χ1n) is 8.92. The first-order chi connectivity index (χ1) is 12.9. The lowest BCUT2D eigenvalue weighted by Gasteiger charge is -2.18. The van der Waals surface area contributed by atoms with Crippen LogP contribution in [0.3, 0.4) is 0 Å². The van der Waals surface area contributed by atoms with E-state index >= 15 is 0 Å². The molecule has 0 aromatic heterocycles. The topological polar surface area (TPSA) is 62.8 Å². The van der Waals surface area contributed by atoms with Crippen molar-refractivity contribution in [3.05, 3.63) is 59.2 Å². The van der Waals surface area contributed by atoms with Gasteiger partial charge in [-0.05, 0) is 49.8 Å². The van der Waals surface area contributed by atoms with E-state index in [0.29, 0.717) is 18.0 Å². The van der Waals surface area contributed by atoms with E-state index < -0.39 is 0 Å². The number of methoxy groups -OCH3 is 2. The Morgan fingerprint density at radius 3 is 2.33 bits per heavy atom. The van der Waals surface area contributed by atoms with Gasteiger partial charge in [0.1, 0.15) is 0 Å². The van der Waals surface area contributed by atoms with Crippen molar-refractivity contribution in [1.82, 2.24) is 15.5 Å². The minimum atomic E-state index is -0.211. The van der Waals surface area contributed by atoms with Gasteiger partial charge in [-0.3, -0.25) is 0 Å². The number of amides is 2. The summed E-state index contributed by atoms with van der Waals surface area (Å²) in [6.45, 7) is 3.25. The maximum Gasteiger partial charge on any atom is 0.315 e. The quantitative estimate of drug-likeness (QED) is 0.747. The Kier molecular flexibility index (Phi) is 7.49. The molecule has 6 heteroatoms. The molecule has 2 amide bonds. The SMILES string of the molecule is COc1ccc(C(C)NC(=O)NCc2ccccc2CN(C)C)cc1OC. The first kappa shape index (κ1) is 20.6. The van der Waals surface area contributed by atoms with Crippen LogP contribution in [-0.2, 0) is 13.1 Å². The normalized spacial score (nSPS) is 11.8. The average molecular weight is 371 g/mol. The van der Waals surface area contributed by atoms with E-state index in [-0.39, 0.29) is 12.1 Å². The van der Waals surface area contributed by atoms with Gasteiger partial charge < -0.3 is 25.0 Å². The molecule has 0 spiro atoms. The summed E-state index contributed by atoms with van der Waals surface area (Å²) in [5, 5.41) is 5.90. The second-order valence-electron chi connectivity index (χ2n) is 6.67. The van der Waals surface area contributed by atoms with E-state index in [4.69, 9.17) is 9.47 Å². The molecule has 2 aromatic carbocycles. The monoisotopic (exact) mass is 371 g/mol. The fourth-order valence-corrected chi connectivity index (χ4v) is 2.85. The molecule has 0 fully saturated rings. The van der Waals surface area contributed by atoms with E-state index in [2.05, 4.69) is 21.6 Å². The van der Waals surface area contributed by atoms with Crippen molar-refractivity contribution in [2.45, 2.75) is 26.1 Å². The Bertz CT molecular complexity index is 762. The third-order valence-corrected chi connectivity index (χ3v) is 4.30. The second kappa shape index (κ2) is 9.83. The molecule has 0 heterocycles. The van der Waals surface area contributed by atoms with Crippen molar-refractivity contribution < 1.29 is 14.3 Å². The van der Waals surface area contributed by atoms with Crippen molar-refractivity contribution in [2.75, 3.05) is 28.3 Å². The molecular weight excluding hydrogens is 342 g/mol. The summed E-state index contributed by atoms with van der Waals surface area (Å²) >= 11 is 0. The van der Waals surface area contributed by atoms with Crippen LogP contribution in [0.2, 0.25) is 0 Å². The number of benzene rings is 2. The predicted octanol–water partition coefficient (Wildman–Crippen LogP) is 3.33. The number of hydrogen-bond donors (Lipinski definition) is 2. The van der Waals surface area contributed by atoms with Crippen molar-refractivity contribution in [3.63, 3.8) is 0 Å². The van der Waals surface area contributed by atoms with Crippen molar-refractivity contribution >= 4 is 6.03 Å². The standard InChI is InChI=1S/C21H29N3O3/c1-15(16-10-11-19(26-4)20(12-16)27-5)23-21(25)22-13-17-8-6-7-9-18(17)14-24(2)3/h6-12,15H,13-14H2,1-5H3,(H2,22,23,25). The van der Waals surface area contributed by atoms with Crippen LogP contribution in [0.1, 0.15) is 29.7 Å². The van der Waals surface area contributed by atoms with E-state index in [1.54, 1.807) is 14.2 Å². The van der Waals surface area contributed by atoms with Gasteiger partial charge in [-0.1, -0.05) is 30.3 Å². The van der Waals surface area contributed by atoms with Crippen LogP contribution in [0, 0.1) is 0 Å². The van der Waals surface area contributed by atoms with Gasteiger partial charge in [0.25, 0.3) is 0 Å². The van der Waals surface area contributed by atoms with Crippen LogP contribution >= 0.6 is 0 Å². The lowest BCUT2D eigenvalue weighted by atomic mass is 10.1. The Morgan fingerprint density at radius 1 is 1.04 bits per heavy atom. The molecule has 6 nitrogen and oxygen atoms in total. The number of urea groups is 1. The summed E-state index contributed by atoms with van der Waals surface area (Å²) in [5.41, 5.74) is 3.26. The summed E-state index contributed by atoms with van der Waals surface area (Å²) in [6.07, 6.45) is 0. The van der Waals surface area contributed by atoms with Gasteiger partial charge in [0.15, 0.2) is 11.5 Å². The van der Waals surface area contributed by atoms with Crippen molar-refractivity contribution in [2.24, 2.45) is 0 Å². The maximum absolute atomic E-state index is 12.3. The number of ether oxygens (including phenoxy) is 2. The molecule has 0 radical (unpaired) electrons. The van der Waals surface area contributed by atoms with E-state index in [1.807, 2.05) is 57.4 Å². The fourth-order valence-electron chi connectivity index (χ4n) is 2.85. The highest BCUT2D eigenvalue weighted by Gasteiger charge is 2.13.